The number of halogens is 4. The van der Waals surface area contributed by atoms with Crippen LogP contribution in [0.3, 0.4) is 0 Å². The van der Waals surface area contributed by atoms with Crippen molar-refractivity contribution in [3.05, 3.63) is 12.4 Å². The Morgan fingerprint density at radius 1 is 1.21 bits per heavy atom. The van der Waals surface area contributed by atoms with E-state index in [1.54, 1.807) is 0 Å². The number of hydrogen-bond donors (Lipinski definition) is 0. The number of hydrogen-bond acceptors (Lipinski definition) is 2. The molecule has 0 N–H and O–H groups in total. The summed E-state index contributed by atoms with van der Waals surface area (Å²) in [7, 11) is -3.92. The van der Waals surface area contributed by atoms with Gasteiger partial charge in [-0.05, 0) is 6.92 Å². The summed E-state index contributed by atoms with van der Waals surface area (Å²) in [5, 5.41) is 0. The van der Waals surface area contributed by atoms with Gasteiger partial charge in [-0.15, -0.1) is 0 Å². The van der Waals surface area contributed by atoms with Crippen molar-refractivity contribution in [1.82, 2.24) is 9.80 Å². The Kier molecular flexibility index (Phi) is 8.17. The molecule has 8 heteroatoms. The summed E-state index contributed by atoms with van der Waals surface area (Å²) in [5.41, 5.74) is 0. The molecular formula is C6H12BF4LiN2. The van der Waals surface area contributed by atoms with E-state index in [1.165, 1.54) is 0 Å². The molecule has 0 unspecified atom stereocenters. The van der Waals surface area contributed by atoms with E-state index >= 15 is 0 Å². The van der Waals surface area contributed by atoms with E-state index in [4.69, 9.17) is 0 Å². The molecule has 1 rings (SSSR count). The first-order valence-electron chi connectivity index (χ1n) is 3.83. The van der Waals surface area contributed by atoms with Gasteiger partial charge in [0.2, 0.25) is 0 Å². The van der Waals surface area contributed by atoms with Gasteiger partial charge in [0.1, 0.15) is 0 Å². The summed E-state index contributed by atoms with van der Waals surface area (Å²) >= 11 is 0. The van der Waals surface area contributed by atoms with Crippen molar-refractivity contribution >= 4 is 7.25 Å². The van der Waals surface area contributed by atoms with Crippen LogP contribution in [0.4, 0.5) is 17.3 Å². The Morgan fingerprint density at radius 2 is 1.64 bits per heavy atom. The van der Waals surface area contributed by atoms with Crippen LogP contribution in [0.15, 0.2) is 12.4 Å². The standard InChI is InChI=1S/C6H12N2.BF4.Li/c1-3-8-5-4-7(2)6-8;2-1(3,4)5;/h4-5H,3,6H2,1-2H3;;/q;-1;+1. The van der Waals surface area contributed by atoms with Crippen molar-refractivity contribution in [2.45, 2.75) is 6.92 Å². The second-order valence-electron chi connectivity index (χ2n) is 2.60. The minimum Gasteiger partial charge on any atom is -0.418 e. The third-order valence-corrected chi connectivity index (χ3v) is 1.34. The monoisotopic (exact) mass is 206 g/mol. The minimum absolute atomic E-state index is 0. The van der Waals surface area contributed by atoms with Crippen LogP contribution in [0.1, 0.15) is 6.92 Å². The Hall–Kier alpha value is -0.278. The van der Waals surface area contributed by atoms with Crippen LogP contribution in [0, 0.1) is 0 Å². The summed E-state index contributed by atoms with van der Waals surface area (Å²) in [4.78, 5) is 4.41. The molecule has 78 valence electrons. The quantitative estimate of drug-likeness (QED) is 0.400. The molecule has 0 bridgehead atoms. The van der Waals surface area contributed by atoms with Crippen molar-refractivity contribution in [2.75, 3.05) is 20.3 Å². The van der Waals surface area contributed by atoms with Crippen molar-refractivity contribution in [1.29, 1.82) is 0 Å². The van der Waals surface area contributed by atoms with Crippen LogP contribution < -0.4 is 18.9 Å². The van der Waals surface area contributed by atoms with E-state index in [-0.39, 0.29) is 18.9 Å². The second kappa shape index (κ2) is 7.07. The fourth-order valence-corrected chi connectivity index (χ4v) is 0.794. The zero-order valence-electron chi connectivity index (χ0n) is 8.55. The first-order chi connectivity index (χ1) is 5.83. The van der Waals surface area contributed by atoms with Crippen molar-refractivity contribution in [3.63, 3.8) is 0 Å². The molecule has 0 spiro atoms. The zero-order chi connectivity index (χ0) is 10.5. The van der Waals surface area contributed by atoms with Gasteiger partial charge in [0.05, 0.1) is 6.67 Å². The molecular weight excluding hydrogens is 194 g/mol. The van der Waals surface area contributed by atoms with Gasteiger partial charge in [0, 0.05) is 26.0 Å². The van der Waals surface area contributed by atoms with Crippen LogP contribution in [0.25, 0.3) is 0 Å². The van der Waals surface area contributed by atoms with Crippen LogP contribution in [-0.2, 0) is 0 Å². The van der Waals surface area contributed by atoms with Gasteiger partial charge in [-0.25, -0.2) is 0 Å². The van der Waals surface area contributed by atoms with E-state index < -0.39 is 7.25 Å². The van der Waals surface area contributed by atoms with E-state index in [9.17, 15) is 17.3 Å². The van der Waals surface area contributed by atoms with Crippen molar-refractivity contribution in [3.8, 4) is 0 Å². The largest absolute Gasteiger partial charge is 1.00 e. The van der Waals surface area contributed by atoms with Crippen molar-refractivity contribution in [2.24, 2.45) is 0 Å². The molecule has 0 saturated heterocycles. The first-order valence-corrected chi connectivity index (χ1v) is 3.83. The van der Waals surface area contributed by atoms with E-state index in [0.717, 1.165) is 13.2 Å². The summed E-state index contributed by atoms with van der Waals surface area (Å²) in [5.74, 6) is 0. The van der Waals surface area contributed by atoms with Gasteiger partial charge in [-0.3, -0.25) is 0 Å². The Balaban J connectivity index is 0. The van der Waals surface area contributed by atoms with Crippen LogP contribution in [0.2, 0.25) is 0 Å². The third kappa shape index (κ3) is 11.7. The summed E-state index contributed by atoms with van der Waals surface area (Å²) in [6.07, 6.45) is 4.20. The van der Waals surface area contributed by atoms with Crippen LogP contribution >= 0.6 is 0 Å². The maximum absolute atomic E-state index is 9.75. The Labute approximate surface area is 93.2 Å². The molecule has 0 aromatic carbocycles. The summed E-state index contributed by atoms with van der Waals surface area (Å²) in [6.45, 7) is 4.32. The molecule has 0 aromatic heterocycles. The minimum atomic E-state index is -6.00. The average molecular weight is 206 g/mol. The molecule has 0 aliphatic carbocycles. The van der Waals surface area contributed by atoms with Gasteiger partial charge < -0.3 is 27.1 Å². The number of nitrogens with zero attached hydrogens (tertiary/aromatic N) is 2. The fourth-order valence-electron chi connectivity index (χ4n) is 0.794. The molecule has 0 radical (unpaired) electrons. The van der Waals surface area contributed by atoms with Crippen LogP contribution in [-0.4, -0.2) is 37.3 Å². The smallest absolute Gasteiger partial charge is 0.418 e. The molecule has 1 heterocycles. The molecule has 0 saturated carbocycles. The third-order valence-electron chi connectivity index (χ3n) is 1.34. The van der Waals surface area contributed by atoms with E-state index in [2.05, 4.69) is 36.2 Å². The fraction of sp³-hybridized carbons (Fsp3) is 0.667. The van der Waals surface area contributed by atoms with Crippen LogP contribution in [0.5, 0.6) is 0 Å². The molecule has 0 aromatic rings. The van der Waals surface area contributed by atoms with Gasteiger partial charge in [-0.2, -0.15) is 0 Å². The zero-order valence-corrected chi connectivity index (χ0v) is 8.55. The van der Waals surface area contributed by atoms with E-state index in [1.807, 2.05) is 0 Å². The normalized spacial score (nSPS) is 14.7. The summed E-state index contributed by atoms with van der Waals surface area (Å²) < 4.78 is 39.0. The Bertz CT molecular complexity index is 170. The molecule has 14 heavy (non-hydrogen) atoms. The molecule has 1 aliphatic rings. The van der Waals surface area contributed by atoms with Crippen molar-refractivity contribution < 1.29 is 36.1 Å². The molecule has 0 atom stereocenters. The summed E-state index contributed by atoms with van der Waals surface area (Å²) in [6, 6.07) is 0. The predicted molar refractivity (Wildman–Crippen MR) is 44.3 cm³/mol. The molecule has 2 nitrogen and oxygen atoms in total. The first kappa shape index (κ1) is 16.2. The SMILES string of the molecule is CCN1C=CN(C)C1.F[B-](F)(F)F.[Li+]. The van der Waals surface area contributed by atoms with Gasteiger partial charge in [0.15, 0.2) is 0 Å². The maximum atomic E-state index is 9.75. The molecule has 1 aliphatic heterocycles. The predicted octanol–water partition coefficient (Wildman–Crippen LogP) is -1.01. The molecule has 0 amide bonds. The van der Waals surface area contributed by atoms with Gasteiger partial charge >= 0.3 is 26.1 Å². The topological polar surface area (TPSA) is 6.48 Å². The Morgan fingerprint density at radius 3 is 1.79 bits per heavy atom. The molecule has 0 fully saturated rings. The van der Waals surface area contributed by atoms with E-state index in [0.29, 0.717) is 0 Å². The maximum Gasteiger partial charge on any atom is 1.00 e. The number of rotatable bonds is 1. The second-order valence-corrected chi connectivity index (χ2v) is 2.60. The van der Waals surface area contributed by atoms with Gasteiger partial charge in [-0.1, -0.05) is 0 Å². The van der Waals surface area contributed by atoms with Gasteiger partial charge in [0.25, 0.3) is 0 Å². The average Bonchev–Trinajstić information content (AvgIpc) is 2.31.